The van der Waals surface area contributed by atoms with Crippen LogP contribution in [-0.4, -0.2) is 35.7 Å². The van der Waals surface area contributed by atoms with Crippen molar-refractivity contribution in [3.05, 3.63) is 0 Å². The van der Waals surface area contributed by atoms with Gasteiger partial charge in [-0.15, -0.1) is 0 Å². The van der Waals surface area contributed by atoms with Gasteiger partial charge in [-0.2, -0.15) is 20.4 Å². The van der Waals surface area contributed by atoms with Crippen molar-refractivity contribution in [2.45, 2.75) is 6.92 Å². The van der Waals surface area contributed by atoms with Gasteiger partial charge >= 0.3 is 17.1 Å². The first-order valence-electron chi connectivity index (χ1n) is 4.04. The molecule has 0 aromatic heterocycles. The molecule has 0 aliphatic rings. The van der Waals surface area contributed by atoms with Crippen molar-refractivity contribution < 1.29 is 17.1 Å². The summed E-state index contributed by atoms with van der Waals surface area (Å²) >= 11 is 9.49. The van der Waals surface area contributed by atoms with Crippen molar-refractivity contribution in [2.24, 2.45) is 26.1 Å². The van der Waals surface area contributed by atoms with Crippen LogP contribution in [0, 0.1) is 0 Å². The minimum Gasteiger partial charge on any atom is -0.761 e. The van der Waals surface area contributed by atoms with Crippen molar-refractivity contribution >= 4 is 47.4 Å². The average Bonchev–Trinajstić information content (AvgIpc) is 2.25. The molecule has 0 aromatic carbocycles. The molecule has 0 aliphatic carbocycles. The van der Waals surface area contributed by atoms with E-state index in [1.165, 1.54) is 6.21 Å². The topological polar surface area (TPSA) is 87.5 Å². The van der Waals surface area contributed by atoms with Crippen molar-refractivity contribution in [1.82, 2.24) is 5.32 Å². The molecule has 0 fully saturated rings. The fourth-order valence-electron chi connectivity index (χ4n) is 0.418. The van der Waals surface area contributed by atoms with Crippen LogP contribution in [0.2, 0.25) is 0 Å². The molecule has 0 rings (SSSR count). The van der Waals surface area contributed by atoms with Crippen molar-refractivity contribution in [3.8, 4) is 0 Å². The van der Waals surface area contributed by atoms with Crippen LogP contribution >= 0.6 is 0 Å². The fraction of sp³-hybridized carbons (Fsp3) is 0.429. The van der Waals surface area contributed by atoms with Gasteiger partial charge in [0.15, 0.2) is 0 Å². The molecular weight excluding hydrogens is 296 g/mol. The zero-order chi connectivity index (χ0) is 11.7. The van der Waals surface area contributed by atoms with Crippen LogP contribution < -0.4 is 11.1 Å². The van der Waals surface area contributed by atoms with Crippen LogP contribution in [0.3, 0.4) is 0 Å². The van der Waals surface area contributed by atoms with Gasteiger partial charge in [-0.05, 0) is 12.1 Å². The number of amidine groups is 1. The van der Waals surface area contributed by atoms with Crippen LogP contribution in [0.25, 0.3) is 0 Å². The molecule has 0 unspecified atom stereocenters. The van der Waals surface area contributed by atoms with Crippen molar-refractivity contribution in [2.75, 3.05) is 13.6 Å². The van der Waals surface area contributed by atoms with Gasteiger partial charge in [0, 0.05) is 13.6 Å². The second-order valence-corrected chi connectivity index (χ2v) is 3.20. The first-order valence-corrected chi connectivity index (χ1v) is 4.85. The first kappa shape index (κ1) is 17.8. The summed E-state index contributed by atoms with van der Waals surface area (Å²) in [4.78, 5) is 0. The van der Waals surface area contributed by atoms with Gasteiger partial charge in [0.2, 0.25) is 0 Å². The molecule has 6 nitrogen and oxygen atoms in total. The quantitative estimate of drug-likeness (QED) is 0.238. The molecule has 0 heterocycles. The standard InChI is InChI=1S/C7H14N6S2.Cu/c1-5(11-13-7(15)9-2)4-10-12-6(14)3-8;/h4H,3,8H2,1-2H3,(H,12,14)(H2,9,13,15);/q;+2/p-2. The Hall–Kier alpha value is -0.601. The first-order chi connectivity index (χ1) is 7.10. The SMILES string of the molecule is CNC([S-])=NN=C(C)C=NN=C([S-])CN.[Cu+2]. The van der Waals surface area contributed by atoms with E-state index in [-0.39, 0.29) is 23.6 Å². The maximum Gasteiger partial charge on any atom is 2.00 e. The summed E-state index contributed by atoms with van der Waals surface area (Å²) in [6.45, 7) is 1.92. The Kier molecular flexibility index (Phi) is 12.1. The monoisotopic (exact) mass is 307 g/mol. The molecule has 9 heteroatoms. The molecule has 0 aliphatic heterocycles. The van der Waals surface area contributed by atoms with Gasteiger partial charge < -0.3 is 36.3 Å². The summed E-state index contributed by atoms with van der Waals surface area (Å²) < 4.78 is 0. The zero-order valence-corrected chi connectivity index (χ0v) is 11.3. The van der Waals surface area contributed by atoms with Gasteiger partial charge in [-0.1, -0.05) is 5.04 Å². The van der Waals surface area contributed by atoms with E-state index in [0.29, 0.717) is 15.9 Å². The van der Waals surface area contributed by atoms with Crippen molar-refractivity contribution in [3.63, 3.8) is 0 Å². The van der Waals surface area contributed by atoms with Crippen LogP contribution in [0.15, 0.2) is 20.4 Å². The molecule has 0 atom stereocenters. The maximum absolute atomic E-state index is 5.22. The van der Waals surface area contributed by atoms with Crippen LogP contribution in [-0.2, 0) is 42.3 Å². The third-order valence-electron chi connectivity index (χ3n) is 1.10. The second kappa shape index (κ2) is 10.9. The van der Waals surface area contributed by atoms with E-state index in [9.17, 15) is 0 Å². The van der Waals surface area contributed by atoms with E-state index in [1.807, 2.05) is 0 Å². The summed E-state index contributed by atoms with van der Waals surface area (Å²) in [5, 5.41) is 18.0. The molecule has 0 saturated heterocycles. The van der Waals surface area contributed by atoms with E-state index < -0.39 is 0 Å². The molecule has 3 N–H and O–H groups in total. The molecule has 0 spiro atoms. The second-order valence-electron chi connectivity index (χ2n) is 2.34. The number of rotatable bonds is 4. The Labute approximate surface area is 116 Å². The number of hydrogen-bond donors (Lipinski definition) is 2. The Morgan fingerprint density at radius 2 is 1.94 bits per heavy atom. The molecule has 1 radical (unpaired) electrons. The summed E-state index contributed by atoms with van der Waals surface area (Å²) in [5.74, 6) is 0. The van der Waals surface area contributed by atoms with Crippen LogP contribution in [0.5, 0.6) is 0 Å². The summed E-state index contributed by atoms with van der Waals surface area (Å²) in [6.07, 6.45) is 1.42. The fourth-order valence-corrected chi connectivity index (χ4v) is 0.506. The van der Waals surface area contributed by atoms with Gasteiger partial charge in [-0.3, -0.25) is 0 Å². The largest absolute Gasteiger partial charge is 2.00 e. The molecule has 16 heavy (non-hydrogen) atoms. The predicted molar refractivity (Wildman–Crippen MR) is 69.3 cm³/mol. The van der Waals surface area contributed by atoms with Gasteiger partial charge in [0.1, 0.15) is 0 Å². The zero-order valence-electron chi connectivity index (χ0n) is 8.77. The number of nitrogens with zero attached hydrogens (tertiary/aromatic N) is 4. The Bertz CT molecular complexity index is 312. The molecule has 0 bridgehead atoms. The Morgan fingerprint density at radius 3 is 2.44 bits per heavy atom. The molecule has 0 aromatic rings. The van der Waals surface area contributed by atoms with Crippen LogP contribution in [0.1, 0.15) is 6.92 Å². The van der Waals surface area contributed by atoms with E-state index in [0.717, 1.165) is 0 Å². The van der Waals surface area contributed by atoms with Gasteiger partial charge in [0.25, 0.3) is 0 Å². The van der Waals surface area contributed by atoms with Crippen LogP contribution in [0.4, 0.5) is 0 Å². The predicted octanol–water partition coefficient (Wildman–Crippen LogP) is -0.628. The smallest absolute Gasteiger partial charge is 0.761 e. The van der Waals surface area contributed by atoms with E-state index in [2.05, 4.69) is 25.7 Å². The molecule has 93 valence electrons. The molecule has 0 saturated carbocycles. The van der Waals surface area contributed by atoms with Gasteiger partial charge in [-0.25, -0.2) is 0 Å². The van der Waals surface area contributed by atoms with E-state index in [1.54, 1.807) is 14.0 Å². The number of hydrogen-bond acceptors (Lipinski definition) is 7. The van der Waals surface area contributed by atoms with Crippen molar-refractivity contribution in [1.29, 1.82) is 0 Å². The third-order valence-corrected chi connectivity index (χ3v) is 1.63. The minimum absolute atomic E-state index is 0. The average molecular weight is 308 g/mol. The van der Waals surface area contributed by atoms with Gasteiger partial charge in [0.05, 0.1) is 11.9 Å². The Morgan fingerprint density at radius 1 is 1.31 bits per heavy atom. The third kappa shape index (κ3) is 9.94. The Balaban J connectivity index is 0. The molecule has 0 amide bonds. The van der Waals surface area contributed by atoms with E-state index >= 15 is 0 Å². The summed E-state index contributed by atoms with van der Waals surface area (Å²) in [6, 6.07) is 0. The van der Waals surface area contributed by atoms with E-state index in [4.69, 9.17) is 31.0 Å². The number of nitrogens with two attached hydrogens (primary N) is 1. The summed E-state index contributed by atoms with van der Waals surface area (Å²) in [7, 11) is 1.67. The summed E-state index contributed by atoms with van der Waals surface area (Å²) in [5.41, 5.74) is 5.79. The maximum atomic E-state index is 5.22. The normalized spacial score (nSPS) is 13.8. The minimum atomic E-state index is 0. The number of nitrogens with one attached hydrogen (secondary N) is 1. The molecular formula is C7H12CuN6S2.